The van der Waals surface area contributed by atoms with Gasteiger partial charge >= 0.3 is 0 Å². The normalized spacial score (nSPS) is 36.4. The van der Waals surface area contributed by atoms with Gasteiger partial charge in [0.2, 0.25) is 0 Å². The first-order chi connectivity index (χ1) is 5.92. The van der Waals surface area contributed by atoms with Gasteiger partial charge in [-0.05, 0) is 25.3 Å². The van der Waals surface area contributed by atoms with Gasteiger partial charge in [-0.2, -0.15) is 0 Å². The molecule has 12 heavy (non-hydrogen) atoms. The molecule has 0 radical (unpaired) electrons. The lowest BCUT2D eigenvalue weighted by Crippen LogP contribution is -2.38. The largest absolute Gasteiger partial charge is 0.330 e. The molecule has 0 aromatic heterocycles. The number of nitrogens with two attached hydrogens (primary N) is 1. The Morgan fingerprint density at radius 1 is 1.25 bits per heavy atom. The van der Waals surface area contributed by atoms with Crippen LogP contribution in [-0.4, -0.2) is 30.6 Å². The predicted octanol–water partition coefficient (Wildman–Crippen LogP) is 0.986. The molecule has 2 rings (SSSR count). The van der Waals surface area contributed by atoms with E-state index in [-0.39, 0.29) is 0 Å². The molecule has 1 aliphatic carbocycles. The second-order valence-electron chi connectivity index (χ2n) is 3.92. The molecule has 2 heteroatoms. The Balaban J connectivity index is 1.93. The summed E-state index contributed by atoms with van der Waals surface area (Å²) in [5.74, 6) is 0.768. The van der Waals surface area contributed by atoms with E-state index in [1.54, 1.807) is 0 Å². The van der Waals surface area contributed by atoms with E-state index < -0.39 is 0 Å². The smallest absolute Gasteiger partial charge is 0.0170 e. The van der Waals surface area contributed by atoms with E-state index in [1.807, 2.05) is 0 Å². The van der Waals surface area contributed by atoms with E-state index in [0.717, 1.165) is 31.6 Å². The predicted molar refractivity (Wildman–Crippen MR) is 50.9 cm³/mol. The van der Waals surface area contributed by atoms with Gasteiger partial charge in [0.15, 0.2) is 0 Å². The first-order valence-electron chi connectivity index (χ1n) is 5.01. The third-order valence-corrected chi connectivity index (χ3v) is 3.24. The van der Waals surface area contributed by atoms with Crippen molar-refractivity contribution < 1.29 is 0 Å². The fraction of sp³-hybridized carbons (Fsp3) is 0.800. The fourth-order valence-electron chi connectivity index (χ4n) is 2.54. The van der Waals surface area contributed by atoms with Gasteiger partial charge in [0.25, 0.3) is 0 Å². The topological polar surface area (TPSA) is 29.3 Å². The van der Waals surface area contributed by atoms with Crippen molar-refractivity contribution in [2.24, 2.45) is 11.7 Å². The lowest BCUT2D eigenvalue weighted by atomic mass is 10.0. The van der Waals surface area contributed by atoms with Crippen molar-refractivity contribution in [2.45, 2.75) is 25.3 Å². The van der Waals surface area contributed by atoms with Gasteiger partial charge in [-0.15, -0.1) is 0 Å². The van der Waals surface area contributed by atoms with Crippen LogP contribution in [0, 0.1) is 5.92 Å². The summed E-state index contributed by atoms with van der Waals surface area (Å²) < 4.78 is 0. The molecule has 0 spiro atoms. The van der Waals surface area contributed by atoms with Crippen molar-refractivity contribution in [1.82, 2.24) is 4.90 Å². The second kappa shape index (κ2) is 3.58. The zero-order chi connectivity index (χ0) is 8.39. The summed E-state index contributed by atoms with van der Waals surface area (Å²) in [7, 11) is 0. The standard InChI is InChI=1S/C10H18N2/c11-8-9-4-3-5-10(9)12-6-1-2-7-12/h1-2,9-10H,3-8,11H2. The average molecular weight is 166 g/mol. The summed E-state index contributed by atoms with van der Waals surface area (Å²) in [6.07, 6.45) is 8.63. The van der Waals surface area contributed by atoms with Crippen molar-refractivity contribution in [3.8, 4) is 0 Å². The molecule has 68 valence electrons. The van der Waals surface area contributed by atoms with Crippen LogP contribution in [0.2, 0.25) is 0 Å². The molecule has 2 aliphatic rings. The molecule has 0 bridgehead atoms. The summed E-state index contributed by atoms with van der Waals surface area (Å²) in [5.41, 5.74) is 5.74. The highest BCUT2D eigenvalue weighted by molar-refractivity contribution is 5.00. The minimum Gasteiger partial charge on any atom is -0.330 e. The van der Waals surface area contributed by atoms with Crippen LogP contribution in [0.15, 0.2) is 12.2 Å². The Bertz CT molecular complexity index is 169. The van der Waals surface area contributed by atoms with Crippen LogP contribution in [0.1, 0.15) is 19.3 Å². The molecule has 2 atom stereocenters. The van der Waals surface area contributed by atoms with E-state index in [0.29, 0.717) is 0 Å². The first kappa shape index (κ1) is 8.27. The molecule has 0 amide bonds. The van der Waals surface area contributed by atoms with Crippen molar-refractivity contribution >= 4 is 0 Å². The van der Waals surface area contributed by atoms with E-state index in [2.05, 4.69) is 17.1 Å². The van der Waals surface area contributed by atoms with E-state index >= 15 is 0 Å². The molecular formula is C10H18N2. The Hall–Kier alpha value is -0.340. The van der Waals surface area contributed by atoms with E-state index in [1.165, 1.54) is 19.3 Å². The maximum Gasteiger partial charge on any atom is 0.0170 e. The molecule has 0 aromatic rings. The lowest BCUT2D eigenvalue weighted by Gasteiger charge is -2.28. The van der Waals surface area contributed by atoms with Crippen LogP contribution in [0.3, 0.4) is 0 Å². The van der Waals surface area contributed by atoms with Crippen molar-refractivity contribution in [1.29, 1.82) is 0 Å². The van der Waals surface area contributed by atoms with Crippen LogP contribution in [0.5, 0.6) is 0 Å². The maximum atomic E-state index is 5.74. The van der Waals surface area contributed by atoms with Crippen LogP contribution < -0.4 is 5.73 Å². The summed E-state index contributed by atoms with van der Waals surface area (Å²) in [6.45, 7) is 3.18. The molecule has 0 saturated heterocycles. The number of rotatable bonds is 2. The number of hydrogen-bond acceptors (Lipinski definition) is 2. The van der Waals surface area contributed by atoms with Gasteiger partial charge in [0, 0.05) is 19.1 Å². The van der Waals surface area contributed by atoms with Gasteiger partial charge < -0.3 is 5.73 Å². The Morgan fingerprint density at radius 3 is 2.67 bits per heavy atom. The average Bonchev–Trinajstić information content (AvgIpc) is 2.74. The fourth-order valence-corrected chi connectivity index (χ4v) is 2.54. The van der Waals surface area contributed by atoms with Gasteiger partial charge in [-0.25, -0.2) is 0 Å². The quantitative estimate of drug-likeness (QED) is 0.620. The molecule has 0 aromatic carbocycles. The molecular weight excluding hydrogens is 148 g/mol. The molecule has 1 saturated carbocycles. The van der Waals surface area contributed by atoms with Gasteiger partial charge in [-0.1, -0.05) is 18.6 Å². The van der Waals surface area contributed by atoms with Crippen molar-refractivity contribution in [3.63, 3.8) is 0 Å². The van der Waals surface area contributed by atoms with Gasteiger partial charge in [0.1, 0.15) is 0 Å². The summed E-state index contributed by atoms with van der Waals surface area (Å²) >= 11 is 0. The highest BCUT2D eigenvalue weighted by atomic mass is 15.2. The molecule has 2 nitrogen and oxygen atoms in total. The van der Waals surface area contributed by atoms with Crippen molar-refractivity contribution in [2.75, 3.05) is 19.6 Å². The lowest BCUT2D eigenvalue weighted by molar-refractivity contribution is 0.208. The highest BCUT2D eigenvalue weighted by Crippen LogP contribution is 2.29. The minimum absolute atomic E-state index is 0.768. The second-order valence-corrected chi connectivity index (χ2v) is 3.92. The van der Waals surface area contributed by atoms with Gasteiger partial charge in [0.05, 0.1) is 0 Å². The van der Waals surface area contributed by atoms with Crippen LogP contribution in [0.4, 0.5) is 0 Å². The Kier molecular flexibility index (Phi) is 2.47. The number of hydrogen-bond donors (Lipinski definition) is 1. The third-order valence-electron chi connectivity index (χ3n) is 3.24. The summed E-state index contributed by atoms with van der Waals surface area (Å²) in [5, 5.41) is 0. The van der Waals surface area contributed by atoms with Gasteiger partial charge in [-0.3, -0.25) is 4.90 Å². The maximum absolute atomic E-state index is 5.74. The Morgan fingerprint density at radius 2 is 2.00 bits per heavy atom. The molecule has 2 unspecified atom stereocenters. The zero-order valence-corrected chi connectivity index (χ0v) is 7.58. The summed E-state index contributed by atoms with van der Waals surface area (Å²) in [6, 6.07) is 0.782. The first-order valence-corrected chi connectivity index (χ1v) is 5.01. The molecule has 1 heterocycles. The summed E-state index contributed by atoms with van der Waals surface area (Å²) in [4.78, 5) is 2.56. The number of nitrogens with zero attached hydrogens (tertiary/aromatic N) is 1. The third kappa shape index (κ3) is 1.41. The van der Waals surface area contributed by atoms with Crippen LogP contribution in [-0.2, 0) is 0 Å². The highest BCUT2D eigenvalue weighted by Gasteiger charge is 2.30. The molecule has 2 N–H and O–H groups in total. The molecule has 1 fully saturated rings. The SMILES string of the molecule is NCC1CCCC1N1CC=CC1. The minimum atomic E-state index is 0.768. The van der Waals surface area contributed by atoms with Crippen molar-refractivity contribution in [3.05, 3.63) is 12.2 Å². The van der Waals surface area contributed by atoms with Crippen LogP contribution in [0.25, 0.3) is 0 Å². The van der Waals surface area contributed by atoms with E-state index in [4.69, 9.17) is 5.73 Å². The zero-order valence-electron chi connectivity index (χ0n) is 7.58. The Labute approximate surface area is 74.4 Å². The monoisotopic (exact) mass is 166 g/mol. The van der Waals surface area contributed by atoms with Crippen LogP contribution >= 0.6 is 0 Å². The molecule has 1 aliphatic heterocycles. The van der Waals surface area contributed by atoms with E-state index in [9.17, 15) is 0 Å².